The van der Waals surface area contributed by atoms with Crippen LogP contribution >= 0.6 is 11.8 Å². The van der Waals surface area contributed by atoms with E-state index in [1.165, 1.54) is 4.90 Å². The highest BCUT2D eigenvalue weighted by Gasteiger charge is 2.23. The zero-order valence-electron chi connectivity index (χ0n) is 12.2. The third kappa shape index (κ3) is 3.04. The maximum Gasteiger partial charge on any atom is 0.405 e. The monoisotopic (exact) mass is 315 g/mol. The van der Waals surface area contributed by atoms with E-state index in [4.69, 9.17) is 9.84 Å². The average molecular weight is 315 g/mol. The Morgan fingerprint density at radius 2 is 1.95 bits per heavy atom. The molecule has 0 fully saturated rings. The van der Waals surface area contributed by atoms with Gasteiger partial charge in [-0.2, -0.15) is 0 Å². The predicted molar refractivity (Wildman–Crippen MR) is 87.7 cm³/mol. The lowest BCUT2D eigenvalue weighted by Crippen LogP contribution is -2.30. The van der Waals surface area contributed by atoms with Crippen LogP contribution in [0, 0.1) is 0 Å². The first kappa shape index (κ1) is 14.8. The number of hydrogen-bond acceptors (Lipinski definition) is 3. The first-order valence-corrected chi connectivity index (χ1v) is 8.30. The summed E-state index contributed by atoms with van der Waals surface area (Å²) >= 11 is 1.71. The summed E-state index contributed by atoms with van der Waals surface area (Å²) < 4.78 is 5.63. The van der Waals surface area contributed by atoms with Crippen molar-refractivity contribution in [2.45, 2.75) is 17.4 Å². The Hall–Kier alpha value is -2.14. The molecule has 1 aliphatic heterocycles. The van der Waals surface area contributed by atoms with Crippen molar-refractivity contribution in [3.63, 3.8) is 0 Å². The zero-order chi connectivity index (χ0) is 15.5. The number of carbonyl (C=O) groups is 1. The van der Waals surface area contributed by atoms with Crippen LogP contribution in [-0.2, 0) is 0 Å². The number of ether oxygens (including phenoxy) is 1. The second-order valence-corrected chi connectivity index (χ2v) is 6.00. The molecule has 0 radical (unpaired) electrons. The van der Waals surface area contributed by atoms with Gasteiger partial charge in [0, 0.05) is 16.9 Å². The Labute approximate surface area is 133 Å². The van der Waals surface area contributed by atoms with Crippen LogP contribution in [0.3, 0.4) is 0 Å². The fourth-order valence-corrected chi connectivity index (χ4v) is 3.06. The maximum atomic E-state index is 10.9. The second-order valence-electron chi connectivity index (χ2n) is 5.12. The van der Waals surface area contributed by atoms with Gasteiger partial charge in [0.25, 0.3) is 0 Å². The normalized spacial score (nSPS) is 16.5. The summed E-state index contributed by atoms with van der Waals surface area (Å²) in [6.07, 6.45) is 1.69. The number of nitrogens with one attached hydrogen (secondary N) is 1. The summed E-state index contributed by atoms with van der Waals surface area (Å²) in [4.78, 5) is 12.2. The molecule has 0 spiro atoms. The molecule has 114 valence electrons. The van der Waals surface area contributed by atoms with E-state index in [-0.39, 0.29) is 6.04 Å². The highest BCUT2D eigenvalue weighted by atomic mass is 32.2. The van der Waals surface area contributed by atoms with Crippen molar-refractivity contribution >= 4 is 17.9 Å². The standard InChI is InChI=1S/C17H17NO3S/c1-22-13-5-2-11(3-6-13)12-4-7-16-14(10-12)15(8-9-21-16)18-17(19)20/h2-7,10,15,18H,8-9H2,1H3,(H,19,20). The van der Waals surface area contributed by atoms with E-state index in [0.29, 0.717) is 13.0 Å². The smallest absolute Gasteiger partial charge is 0.405 e. The van der Waals surface area contributed by atoms with Crippen molar-refractivity contribution in [1.29, 1.82) is 0 Å². The van der Waals surface area contributed by atoms with Gasteiger partial charge in [-0.05, 0) is 41.6 Å². The van der Waals surface area contributed by atoms with Crippen LogP contribution in [-0.4, -0.2) is 24.1 Å². The Kier molecular flexibility index (Phi) is 4.24. The number of amides is 1. The lowest BCUT2D eigenvalue weighted by molar-refractivity contribution is 0.182. The van der Waals surface area contributed by atoms with Gasteiger partial charge in [0.1, 0.15) is 5.75 Å². The number of rotatable bonds is 3. The van der Waals surface area contributed by atoms with Gasteiger partial charge in [-0.3, -0.25) is 0 Å². The third-order valence-electron chi connectivity index (χ3n) is 3.77. The van der Waals surface area contributed by atoms with E-state index in [1.807, 2.05) is 24.5 Å². The Morgan fingerprint density at radius 1 is 1.23 bits per heavy atom. The molecule has 0 saturated carbocycles. The molecule has 4 nitrogen and oxygen atoms in total. The predicted octanol–water partition coefficient (Wildman–Crippen LogP) is 4.17. The van der Waals surface area contributed by atoms with E-state index in [2.05, 4.69) is 29.6 Å². The Morgan fingerprint density at radius 3 is 2.64 bits per heavy atom. The molecule has 22 heavy (non-hydrogen) atoms. The van der Waals surface area contributed by atoms with E-state index in [1.54, 1.807) is 11.8 Å². The van der Waals surface area contributed by atoms with Crippen molar-refractivity contribution in [2.75, 3.05) is 12.9 Å². The summed E-state index contributed by atoms with van der Waals surface area (Å²) in [5.74, 6) is 0.759. The molecular formula is C17H17NO3S. The summed E-state index contributed by atoms with van der Waals surface area (Å²) in [7, 11) is 0. The quantitative estimate of drug-likeness (QED) is 0.835. The van der Waals surface area contributed by atoms with E-state index >= 15 is 0 Å². The van der Waals surface area contributed by atoms with E-state index in [9.17, 15) is 4.79 Å². The largest absolute Gasteiger partial charge is 0.493 e. The number of carboxylic acid groups (broad SMARTS) is 1. The summed E-state index contributed by atoms with van der Waals surface area (Å²) in [6, 6.07) is 14.1. The fraction of sp³-hybridized carbons (Fsp3) is 0.235. The molecule has 0 aromatic heterocycles. The van der Waals surface area contributed by atoms with E-state index < -0.39 is 6.09 Å². The van der Waals surface area contributed by atoms with Crippen LogP contribution < -0.4 is 10.1 Å². The lowest BCUT2D eigenvalue weighted by Gasteiger charge is -2.26. The van der Waals surface area contributed by atoms with Gasteiger partial charge in [0.15, 0.2) is 0 Å². The SMILES string of the molecule is CSc1ccc(-c2ccc3c(c2)C(NC(=O)O)CCO3)cc1. The van der Waals surface area contributed by atoms with Crippen molar-refractivity contribution in [1.82, 2.24) is 5.32 Å². The van der Waals surface area contributed by atoms with Gasteiger partial charge in [0.05, 0.1) is 12.6 Å². The summed E-state index contributed by atoms with van der Waals surface area (Å²) in [5.41, 5.74) is 3.08. The van der Waals surface area contributed by atoms with Crippen LogP contribution in [0.2, 0.25) is 0 Å². The van der Waals surface area contributed by atoms with Gasteiger partial charge in [-0.1, -0.05) is 18.2 Å². The molecule has 1 amide bonds. The number of fused-ring (bicyclic) bond motifs is 1. The molecule has 1 unspecified atom stereocenters. The first-order chi connectivity index (χ1) is 10.7. The minimum atomic E-state index is -1.01. The average Bonchev–Trinajstić information content (AvgIpc) is 2.54. The second kappa shape index (κ2) is 6.32. The highest BCUT2D eigenvalue weighted by Crippen LogP contribution is 2.35. The van der Waals surface area contributed by atoms with Gasteiger partial charge < -0.3 is 15.2 Å². The van der Waals surface area contributed by atoms with Crippen LogP contribution in [0.1, 0.15) is 18.0 Å². The molecule has 2 aromatic rings. The van der Waals surface area contributed by atoms with Crippen molar-refractivity contribution in [3.8, 4) is 16.9 Å². The molecule has 2 N–H and O–H groups in total. The van der Waals surface area contributed by atoms with Crippen molar-refractivity contribution in [2.24, 2.45) is 0 Å². The number of benzene rings is 2. The molecule has 0 bridgehead atoms. The van der Waals surface area contributed by atoms with Crippen LogP contribution in [0.5, 0.6) is 5.75 Å². The number of hydrogen-bond donors (Lipinski definition) is 2. The lowest BCUT2D eigenvalue weighted by atomic mass is 9.95. The molecule has 5 heteroatoms. The Bertz CT molecular complexity index is 685. The van der Waals surface area contributed by atoms with Gasteiger partial charge in [-0.25, -0.2) is 4.79 Å². The fourth-order valence-electron chi connectivity index (χ4n) is 2.66. The molecule has 2 aromatic carbocycles. The molecule has 0 aliphatic carbocycles. The van der Waals surface area contributed by atoms with Gasteiger partial charge >= 0.3 is 6.09 Å². The molecule has 1 heterocycles. The molecule has 1 aliphatic rings. The first-order valence-electron chi connectivity index (χ1n) is 7.08. The number of thioether (sulfide) groups is 1. The van der Waals surface area contributed by atoms with E-state index in [0.717, 1.165) is 22.4 Å². The summed E-state index contributed by atoms with van der Waals surface area (Å²) in [5, 5.41) is 11.5. The van der Waals surface area contributed by atoms with Crippen LogP contribution in [0.25, 0.3) is 11.1 Å². The van der Waals surface area contributed by atoms with Crippen molar-refractivity contribution in [3.05, 3.63) is 48.0 Å². The topological polar surface area (TPSA) is 58.6 Å². The van der Waals surface area contributed by atoms with Crippen molar-refractivity contribution < 1.29 is 14.6 Å². The van der Waals surface area contributed by atoms with Gasteiger partial charge in [-0.15, -0.1) is 11.8 Å². The third-order valence-corrected chi connectivity index (χ3v) is 4.51. The van der Waals surface area contributed by atoms with Gasteiger partial charge in [0.2, 0.25) is 0 Å². The minimum absolute atomic E-state index is 0.216. The zero-order valence-corrected chi connectivity index (χ0v) is 13.0. The highest BCUT2D eigenvalue weighted by molar-refractivity contribution is 7.98. The Balaban J connectivity index is 1.95. The maximum absolute atomic E-state index is 10.9. The van der Waals surface area contributed by atoms with Crippen LogP contribution in [0.4, 0.5) is 4.79 Å². The molecule has 1 atom stereocenters. The summed E-state index contributed by atoms with van der Waals surface area (Å²) in [6.45, 7) is 0.527. The van der Waals surface area contributed by atoms with Crippen LogP contribution in [0.15, 0.2) is 47.4 Å². The molecule has 3 rings (SSSR count). The molecule has 0 saturated heterocycles. The molecular weight excluding hydrogens is 298 g/mol. The minimum Gasteiger partial charge on any atom is -0.493 e.